The number of benzene rings is 2. The zero-order valence-electron chi connectivity index (χ0n) is 12.2. The van der Waals surface area contributed by atoms with Gasteiger partial charge in [-0.1, -0.05) is 30.3 Å². The highest BCUT2D eigenvalue weighted by Crippen LogP contribution is 2.27. The second-order valence-corrected chi connectivity index (χ2v) is 5.21. The number of fused-ring (bicyclic) bond motifs is 1. The molecule has 22 heavy (non-hydrogen) atoms. The molecule has 1 atom stereocenters. The van der Waals surface area contributed by atoms with Gasteiger partial charge in [-0.15, -0.1) is 0 Å². The highest BCUT2D eigenvalue weighted by Gasteiger charge is 2.15. The Morgan fingerprint density at radius 3 is 2.55 bits per heavy atom. The van der Waals surface area contributed by atoms with Gasteiger partial charge in [0, 0.05) is 5.39 Å². The predicted molar refractivity (Wildman–Crippen MR) is 88.2 cm³/mol. The average Bonchev–Trinajstić information content (AvgIpc) is 2.54. The van der Waals surface area contributed by atoms with Gasteiger partial charge in [0.2, 0.25) is 5.28 Å². The first-order valence-electron chi connectivity index (χ1n) is 7.09. The van der Waals surface area contributed by atoms with Crippen molar-refractivity contribution in [1.82, 2.24) is 9.97 Å². The number of ether oxygens (including phenoxy) is 1. The molecule has 2 N–H and O–H groups in total. The van der Waals surface area contributed by atoms with Crippen LogP contribution in [0, 0.1) is 0 Å². The van der Waals surface area contributed by atoms with Crippen LogP contribution in [0.4, 0.5) is 0 Å². The summed E-state index contributed by atoms with van der Waals surface area (Å²) in [6, 6.07) is 15.0. The molecule has 0 saturated carbocycles. The van der Waals surface area contributed by atoms with Gasteiger partial charge >= 0.3 is 0 Å². The molecule has 112 valence electrons. The van der Waals surface area contributed by atoms with Crippen LogP contribution in [-0.4, -0.2) is 16.6 Å². The molecule has 0 fully saturated rings. The van der Waals surface area contributed by atoms with E-state index in [0.29, 0.717) is 6.61 Å². The summed E-state index contributed by atoms with van der Waals surface area (Å²) in [7, 11) is 0. The minimum absolute atomic E-state index is 0.204. The third-order valence-electron chi connectivity index (χ3n) is 3.45. The van der Waals surface area contributed by atoms with Gasteiger partial charge in [0.15, 0.2) is 0 Å². The number of hydrogen-bond acceptors (Lipinski definition) is 4. The van der Waals surface area contributed by atoms with E-state index >= 15 is 0 Å². The lowest BCUT2D eigenvalue weighted by Crippen LogP contribution is -2.14. The first-order chi connectivity index (χ1) is 10.7. The normalized spacial score (nSPS) is 12.3. The number of para-hydroxylation sites is 1. The minimum atomic E-state index is -0.374. The zero-order chi connectivity index (χ0) is 15.5. The maximum absolute atomic E-state index is 6.39. The lowest BCUT2D eigenvalue weighted by Gasteiger charge is -2.15. The van der Waals surface area contributed by atoms with Crippen molar-refractivity contribution in [3.05, 3.63) is 65.1 Å². The molecule has 3 rings (SSSR count). The molecule has 0 spiro atoms. The molecule has 1 aromatic heterocycles. The number of aromatic nitrogens is 2. The fourth-order valence-electron chi connectivity index (χ4n) is 2.40. The van der Waals surface area contributed by atoms with Crippen LogP contribution in [0.1, 0.15) is 24.2 Å². The number of rotatable bonds is 4. The molecule has 4 nitrogen and oxygen atoms in total. The summed E-state index contributed by atoms with van der Waals surface area (Å²) in [6.45, 7) is 2.59. The van der Waals surface area contributed by atoms with E-state index in [2.05, 4.69) is 9.97 Å². The van der Waals surface area contributed by atoms with E-state index in [1.807, 2.05) is 55.5 Å². The van der Waals surface area contributed by atoms with Crippen LogP contribution in [0.15, 0.2) is 48.5 Å². The molecule has 5 heteroatoms. The van der Waals surface area contributed by atoms with Gasteiger partial charge in [0.1, 0.15) is 5.75 Å². The minimum Gasteiger partial charge on any atom is -0.494 e. The molecule has 1 heterocycles. The van der Waals surface area contributed by atoms with Crippen LogP contribution in [0.5, 0.6) is 5.75 Å². The van der Waals surface area contributed by atoms with E-state index in [0.717, 1.165) is 27.9 Å². The number of nitrogens with two attached hydrogens (primary N) is 1. The molecule has 0 aliphatic rings. The van der Waals surface area contributed by atoms with Crippen molar-refractivity contribution in [2.24, 2.45) is 5.73 Å². The van der Waals surface area contributed by atoms with Crippen LogP contribution in [0.3, 0.4) is 0 Å². The van der Waals surface area contributed by atoms with Crippen molar-refractivity contribution >= 4 is 22.5 Å². The van der Waals surface area contributed by atoms with E-state index in [-0.39, 0.29) is 11.3 Å². The second kappa shape index (κ2) is 6.30. The summed E-state index contributed by atoms with van der Waals surface area (Å²) in [5, 5.41) is 1.11. The molecule has 2 aromatic carbocycles. The Hall–Kier alpha value is -2.17. The quantitative estimate of drug-likeness (QED) is 0.746. The molecule has 0 saturated heterocycles. The largest absolute Gasteiger partial charge is 0.494 e. The Bertz CT molecular complexity index is 790. The van der Waals surface area contributed by atoms with E-state index < -0.39 is 0 Å². The SMILES string of the molecule is CCOc1ccc(C(N)c2nc(Cl)nc3ccccc23)cc1. The van der Waals surface area contributed by atoms with Crippen LogP contribution >= 0.6 is 11.6 Å². The van der Waals surface area contributed by atoms with E-state index in [9.17, 15) is 0 Å². The van der Waals surface area contributed by atoms with Gasteiger partial charge in [0.25, 0.3) is 0 Å². The van der Waals surface area contributed by atoms with Crippen molar-refractivity contribution in [1.29, 1.82) is 0 Å². The summed E-state index contributed by atoms with van der Waals surface area (Å²) >= 11 is 6.02. The molecule has 3 aromatic rings. The van der Waals surface area contributed by atoms with Crippen molar-refractivity contribution in [3.63, 3.8) is 0 Å². The van der Waals surface area contributed by atoms with Crippen LogP contribution < -0.4 is 10.5 Å². The fourth-order valence-corrected chi connectivity index (χ4v) is 2.59. The van der Waals surface area contributed by atoms with Gasteiger partial charge in [-0.05, 0) is 42.3 Å². The van der Waals surface area contributed by atoms with Gasteiger partial charge in [0.05, 0.1) is 23.9 Å². The van der Waals surface area contributed by atoms with E-state index in [4.69, 9.17) is 22.1 Å². The van der Waals surface area contributed by atoms with Crippen LogP contribution in [0.25, 0.3) is 10.9 Å². The van der Waals surface area contributed by atoms with Crippen molar-refractivity contribution in [3.8, 4) is 5.75 Å². The lowest BCUT2D eigenvalue weighted by atomic mass is 10.0. The van der Waals surface area contributed by atoms with Gasteiger partial charge in [-0.25, -0.2) is 9.97 Å². The van der Waals surface area contributed by atoms with Crippen molar-refractivity contribution in [2.75, 3.05) is 6.61 Å². The first kappa shape index (κ1) is 14.8. The summed E-state index contributed by atoms with van der Waals surface area (Å²) in [6.07, 6.45) is 0. The Morgan fingerprint density at radius 2 is 1.82 bits per heavy atom. The third-order valence-corrected chi connectivity index (χ3v) is 3.62. The molecule has 0 bridgehead atoms. The Balaban J connectivity index is 2.02. The van der Waals surface area contributed by atoms with Gasteiger partial charge < -0.3 is 10.5 Å². The third kappa shape index (κ3) is 2.89. The first-order valence-corrected chi connectivity index (χ1v) is 7.47. The number of hydrogen-bond donors (Lipinski definition) is 1. The maximum atomic E-state index is 6.39. The zero-order valence-corrected chi connectivity index (χ0v) is 12.9. The molecular formula is C17H16ClN3O. The van der Waals surface area contributed by atoms with Crippen LogP contribution in [-0.2, 0) is 0 Å². The Morgan fingerprint density at radius 1 is 1.09 bits per heavy atom. The highest BCUT2D eigenvalue weighted by molar-refractivity contribution is 6.28. The van der Waals surface area contributed by atoms with Gasteiger partial charge in [-0.3, -0.25) is 0 Å². The molecule has 0 radical (unpaired) electrons. The molecule has 0 amide bonds. The van der Waals surface area contributed by atoms with E-state index in [1.54, 1.807) is 0 Å². The average molecular weight is 314 g/mol. The Labute approximate surface area is 133 Å². The summed E-state index contributed by atoms with van der Waals surface area (Å²) in [4.78, 5) is 8.56. The predicted octanol–water partition coefficient (Wildman–Crippen LogP) is 3.73. The molecular weight excluding hydrogens is 298 g/mol. The maximum Gasteiger partial charge on any atom is 0.223 e. The topological polar surface area (TPSA) is 61.0 Å². The lowest BCUT2D eigenvalue weighted by molar-refractivity contribution is 0.340. The molecule has 0 aliphatic heterocycles. The van der Waals surface area contributed by atoms with Crippen molar-refractivity contribution < 1.29 is 4.74 Å². The summed E-state index contributed by atoms with van der Waals surface area (Å²) < 4.78 is 5.45. The summed E-state index contributed by atoms with van der Waals surface area (Å²) in [5.74, 6) is 0.823. The monoisotopic (exact) mass is 313 g/mol. The van der Waals surface area contributed by atoms with Gasteiger partial charge in [-0.2, -0.15) is 0 Å². The Kier molecular flexibility index (Phi) is 4.22. The number of halogens is 1. The van der Waals surface area contributed by atoms with E-state index in [1.165, 1.54) is 0 Å². The highest BCUT2D eigenvalue weighted by atomic mass is 35.5. The summed E-state index contributed by atoms with van der Waals surface area (Å²) in [5.41, 5.74) is 8.85. The second-order valence-electron chi connectivity index (χ2n) is 4.87. The fraction of sp³-hybridized carbons (Fsp3) is 0.176. The molecule has 1 unspecified atom stereocenters. The molecule has 0 aliphatic carbocycles. The standard InChI is InChI=1S/C17H16ClN3O/c1-2-22-12-9-7-11(8-10-12)15(19)16-13-5-3-4-6-14(13)20-17(18)21-16/h3-10,15H,2,19H2,1H3. The number of nitrogens with zero attached hydrogens (tertiary/aromatic N) is 2. The smallest absolute Gasteiger partial charge is 0.223 e. The van der Waals surface area contributed by atoms with Crippen LogP contribution in [0.2, 0.25) is 5.28 Å². The van der Waals surface area contributed by atoms with Crippen molar-refractivity contribution in [2.45, 2.75) is 13.0 Å².